The van der Waals surface area contributed by atoms with Crippen molar-refractivity contribution >= 4 is 44.2 Å². The van der Waals surface area contributed by atoms with Crippen LogP contribution in [0.2, 0.25) is 0 Å². The van der Waals surface area contributed by atoms with Crippen LogP contribution < -0.4 is 10.0 Å². The third-order valence-electron chi connectivity index (χ3n) is 4.86. The van der Waals surface area contributed by atoms with E-state index >= 15 is 0 Å². The van der Waals surface area contributed by atoms with Gasteiger partial charge < -0.3 is 5.32 Å². The van der Waals surface area contributed by atoms with E-state index in [0.717, 1.165) is 16.3 Å². The van der Waals surface area contributed by atoms with Crippen LogP contribution in [0.15, 0.2) is 65.6 Å². The molecule has 0 bridgehead atoms. The lowest BCUT2D eigenvalue weighted by atomic mass is 10.1. The Bertz CT molecular complexity index is 1160. The van der Waals surface area contributed by atoms with Crippen molar-refractivity contribution in [3.05, 3.63) is 71.8 Å². The number of carbonyl (C=O) groups is 1. The predicted octanol–water partition coefficient (Wildman–Crippen LogP) is 4.50. The molecule has 0 radical (unpaired) electrons. The first-order chi connectivity index (χ1) is 14.3. The fourth-order valence-electron chi connectivity index (χ4n) is 3.33. The number of rotatable bonds is 8. The first-order valence-electron chi connectivity index (χ1n) is 9.68. The number of aryl methyl sites for hydroxylation is 2. The smallest absolute Gasteiger partial charge is 0.242 e. The Morgan fingerprint density at radius 2 is 1.73 bits per heavy atom. The van der Waals surface area contributed by atoms with Crippen LogP contribution in [0.4, 0.5) is 5.69 Å². The van der Waals surface area contributed by atoms with Crippen molar-refractivity contribution in [2.75, 3.05) is 17.3 Å². The molecule has 1 unspecified atom stereocenters. The molecule has 5 nitrogen and oxygen atoms in total. The highest BCUT2D eigenvalue weighted by atomic mass is 32.2. The van der Waals surface area contributed by atoms with Crippen LogP contribution in [0.5, 0.6) is 0 Å². The molecule has 1 amide bonds. The maximum absolute atomic E-state index is 13.0. The summed E-state index contributed by atoms with van der Waals surface area (Å²) in [5.74, 6) is 0.290. The Balaban J connectivity index is 1.82. The Morgan fingerprint density at radius 3 is 2.43 bits per heavy atom. The fourth-order valence-corrected chi connectivity index (χ4v) is 5.26. The van der Waals surface area contributed by atoms with Crippen LogP contribution in [-0.2, 0) is 14.8 Å². The summed E-state index contributed by atoms with van der Waals surface area (Å²) in [5.41, 5.74) is 2.28. The summed E-state index contributed by atoms with van der Waals surface area (Å²) in [5, 5.41) is 4.95. The van der Waals surface area contributed by atoms with E-state index in [0.29, 0.717) is 23.4 Å². The number of anilines is 1. The van der Waals surface area contributed by atoms with Crippen molar-refractivity contribution < 1.29 is 13.2 Å². The first-order valence-corrected chi connectivity index (χ1v) is 12.6. The standard InChI is InChI=1S/C23H26N2O3S2/c1-16-8-11-22(17(2)14-16)30(27,28)25-21(12-13-29-3)23(26)24-20-10-9-18-6-4-5-7-19(18)15-20/h4-11,14-15,21,25H,12-13H2,1-3H3,(H,24,26). The van der Waals surface area contributed by atoms with Gasteiger partial charge >= 0.3 is 0 Å². The molecule has 0 saturated carbocycles. The lowest BCUT2D eigenvalue weighted by Gasteiger charge is -2.19. The minimum atomic E-state index is -3.83. The number of benzene rings is 3. The lowest BCUT2D eigenvalue weighted by Crippen LogP contribution is -2.44. The summed E-state index contributed by atoms with van der Waals surface area (Å²) in [7, 11) is -3.83. The van der Waals surface area contributed by atoms with Crippen LogP contribution in [0, 0.1) is 13.8 Å². The van der Waals surface area contributed by atoms with Crippen LogP contribution in [0.25, 0.3) is 10.8 Å². The van der Waals surface area contributed by atoms with Gasteiger partial charge in [-0.2, -0.15) is 16.5 Å². The molecule has 0 saturated heterocycles. The van der Waals surface area contributed by atoms with Crippen molar-refractivity contribution in [3.8, 4) is 0 Å². The normalized spacial score (nSPS) is 12.6. The third kappa shape index (κ3) is 5.41. The fraction of sp³-hybridized carbons (Fsp3) is 0.261. The molecule has 0 aromatic heterocycles. The zero-order valence-electron chi connectivity index (χ0n) is 17.3. The Labute approximate surface area is 182 Å². The van der Waals surface area contributed by atoms with Crippen LogP contribution in [-0.4, -0.2) is 32.4 Å². The molecule has 0 spiro atoms. The average Bonchev–Trinajstić information content (AvgIpc) is 2.70. The molecular formula is C23H26N2O3S2. The van der Waals surface area contributed by atoms with E-state index in [-0.39, 0.29) is 10.8 Å². The number of hydrogen-bond acceptors (Lipinski definition) is 4. The zero-order valence-corrected chi connectivity index (χ0v) is 18.9. The minimum Gasteiger partial charge on any atom is -0.325 e. The Morgan fingerprint density at radius 1 is 1.00 bits per heavy atom. The molecule has 3 aromatic carbocycles. The average molecular weight is 443 g/mol. The molecule has 158 valence electrons. The highest BCUT2D eigenvalue weighted by Gasteiger charge is 2.26. The van der Waals surface area contributed by atoms with Crippen molar-refractivity contribution in [2.24, 2.45) is 0 Å². The van der Waals surface area contributed by atoms with Gasteiger partial charge in [0.1, 0.15) is 6.04 Å². The second-order valence-electron chi connectivity index (χ2n) is 7.28. The van der Waals surface area contributed by atoms with Crippen LogP contribution >= 0.6 is 11.8 Å². The molecular weight excluding hydrogens is 416 g/mol. The molecule has 3 rings (SSSR count). The van der Waals surface area contributed by atoms with Crippen LogP contribution in [0.1, 0.15) is 17.5 Å². The van der Waals surface area contributed by atoms with E-state index in [9.17, 15) is 13.2 Å². The number of carbonyl (C=O) groups excluding carboxylic acids is 1. The summed E-state index contributed by atoms with van der Waals surface area (Å²) in [6.07, 6.45) is 2.32. The topological polar surface area (TPSA) is 75.3 Å². The molecule has 3 aromatic rings. The summed E-state index contributed by atoms with van der Waals surface area (Å²) in [6.45, 7) is 3.67. The molecule has 1 atom stereocenters. The van der Waals surface area contributed by atoms with Gasteiger partial charge in [-0.05, 0) is 66.8 Å². The summed E-state index contributed by atoms with van der Waals surface area (Å²) >= 11 is 1.57. The van der Waals surface area contributed by atoms with E-state index in [1.165, 1.54) is 0 Å². The number of hydrogen-bond donors (Lipinski definition) is 2. The quantitative estimate of drug-likeness (QED) is 0.539. The van der Waals surface area contributed by atoms with Gasteiger partial charge in [-0.15, -0.1) is 0 Å². The Hall–Kier alpha value is -2.35. The molecule has 0 aliphatic heterocycles. The van der Waals surface area contributed by atoms with Crippen molar-refractivity contribution in [3.63, 3.8) is 0 Å². The Kier molecular flexibility index (Phi) is 7.18. The maximum Gasteiger partial charge on any atom is 0.242 e. The largest absolute Gasteiger partial charge is 0.325 e. The van der Waals surface area contributed by atoms with Gasteiger partial charge in [-0.25, -0.2) is 8.42 Å². The van der Waals surface area contributed by atoms with E-state index in [2.05, 4.69) is 10.0 Å². The minimum absolute atomic E-state index is 0.195. The second kappa shape index (κ2) is 9.64. The molecule has 2 N–H and O–H groups in total. The summed E-state index contributed by atoms with van der Waals surface area (Å²) in [4.78, 5) is 13.2. The lowest BCUT2D eigenvalue weighted by molar-refractivity contribution is -0.117. The van der Waals surface area contributed by atoms with Gasteiger partial charge in [0.25, 0.3) is 0 Å². The second-order valence-corrected chi connectivity index (χ2v) is 9.94. The zero-order chi connectivity index (χ0) is 21.7. The van der Waals surface area contributed by atoms with E-state index in [1.54, 1.807) is 30.8 Å². The molecule has 0 heterocycles. The number of nitrogens with one attached hydrogen (secondary N) is 2. The van der Waals surface area contributed by atoms with Crippen molar-refractivity contribution in [2.45, 2.75) is 31.2 Å². The third-order valence-corrected chi connectivity index (χ3v) is 7.14. The predicted molar refractivity (Wildman–Crippen MR) is 126 cm³/mol. The molecule has 30 heavy (non-hydrogen) atoms. The van der Waals surface area contributed by atoms with Crippen molar-refractivity contribution in [1.29, 1.82) is 0 Å². The number of sulfonamides is 1. The van der Waals surface area contributed by atoms with Gasteiger partial charge in [-0.3, -0.25) is 4.79 Å². The monoisotopic (exact) mass is 442 g/mol. The van der Waals surface area contributed by atoms with Gasteiger partial charge in [-0.1, -0.05) is 48.0 Å². The molecule has 0 fully saturated rings. The first kappa shape index (κ1) is 22.3. The van der Waals surface area contributed by atoms with E-state index in [1.807, 2.05) is 61.7 Å². The van der Waals surface area contributed by atoms with Gasteiger partial charge in [0, 0.05) is 5.69 Å². The maximum atomic E-state index is 13.0. The number of fused-ring (bicyclic) bond motifs is 1. The van der Waals surface area contributed by atoms with Gasteiger partial charge in [0.15, 0.2) is 0 Å². The van der Waals surface area contributed by atoms with Crippen LogP contribution in [0.3, 0.4) is 0 Å². The number of amides is 1. The highest BCUT2D eigenvalue weighted by Crippen LogP contribution is 2.20. The van der Waals surface area contributed by atoms with Crippen molar-refractivity contribution in [1.82, 2.24) is 4.72 Å². The molecule has 7 heteroatoms. The summed E-state index contributed by atoms with van der Waals surface area (Å²) < 4.78 is 28.6. The number of thioether (sulfide) groups is 1. The van der Waals surface area contributed by atoms with Gasteiger partial charge in [0.2, 0.25) is 15.9 Å². The van der Waals surface area contributed by atoms with E-state index in [4.69, 9.17) is 0 Å². The SMILES string of the molecule is CSCCC(NS(=O)(=O)c1ccc(C)cc1C)C(=O)Nc1ccc2ccccc2c1. The molecule has 0 aliphatic carbocycles. The van der Waals surface area contributed by atoms with E-state index < -0.39 is 16.1 Å². The van der Waals surface area contributed by atoms with Gasteiger partial charge in [0.05, 0.1) is 4.90 Å². The molecule has 0 aliphatic rings. The summed E-state index contributed by atoms with van der Waals surface area (Å²) in [6, 6.07) is 17.8. The highest BCUT2D eigenvalue weighted by molar-refractivity contribution is 7.98.